The molecule has 1 fully saturated rings. The van der Waals surface area contributed by atoms with Gasteiger partial charge in [0, 0.05) is 5.69 Å². The number of rotatable bonds is 4. The van der Waals surface area contributed by atoms with Crippen molar-refractivity contribution in [2.24, 2.45) is 0 Å². The van der Waals surface area contributed by atoms with Crippen molar-refractivity contribution in [3.63, 3.8) is 0 Å². The van der Waals surface area contributed by atoms with Gasteiger partial charge in [-0.05, 0) is 58.4 Å². The lowest BCUT2D eigenvalue weighted by atomic mass is 10.0. The first kappa shape index (κ1) is 18.9. The second kappa shape index (κ2) is 7.89. The van der Waals surface area contributed by atoms with Gasteiger partial charge in [-0.25, -0.2) is 4.39 Å². The summed E-state index contributed by atoms with van der Waals surface area (Å²) >= 11 is 0.804. The number of hydrogen-bond acceptors (Lipinski definition) is 4. The van der Waals surface area contributed by atoms with E-state index in [0.29, 0.717) is 5.69 Å². The van der Waals surface area contributed by atoms with Gasteiger partial charge in [0.05, 0.1) is 4.91 Å². The summed E-state index contributed by atoms with van der Waals surface area (Å²) in [4.78, 5) is 38.3. The predicted molar refractivity (Wildman–Crippen MR) is 112 cm³/mol. The SMILES string of the molecule is O=C(CN1C(=O)S/C(=C/c2cccc3ccccc23)C1=O)Nc1ccc(F)cc1. The van der Waals surface area contributed by atoms with Gasteiger partial charge in [-0.1, -0.05) is 42.5 Å². The van der Waals surface area contributed by atoms with Gasteiger partial charge in [0.1, 0.15) is 12.4 Å². The fourth-order valence-electron chi connectivity index (χ4n) is 3.03. The van der Waals surface area contributed by atoms with Crippen LogP contribution in [0.5, 0.6) is 0 Å². The third-order valence-electron chi connectivity index (χ3n) is 4.41. The normalized spacial score (nSPS) is 15.3. The Balaban J connectivity index is 1.52. The van der Waals surface area contributed by atoms with Crippen LogP contribution in [-0.4, -0.2) is 28.5 Å². The Morgan fingerprint density at radius 1 is 1.00 bits per heavy atom. The van der Waals surface area contributed by atoms with Crippen molar-refractivity contribution in [2.45, 2.75) is 0 Å². The van der Waals surface area contributed by atoms with Crippen LogP contribution in [0.3, 0.4) is 0 Å². The molecule has 1 N–H and O–H groups in total. The summed E-state index contributed by atoms with van der Waals surface area (Å²) in [6.45, 7) is -0.408. The maximum Gasteiger partial charge on any atom is 0.294 e. The van der Waals surface area contributed by atoms with Crippen LogP contribution >= 0.6 is 11.8 Å². The van der Waals surface area contributed by atoms with Crippen LogP contribution in [0.4, 0.5) is 14.9 Å². The molecule has 0 radical (unpaired) electrons. The Hall–Kier alpha value is -3.45. The molecule has 0 atom stereocenters. The molecule has 1 aliphatic rings. The number of anilines is 1. The lowest BCUT2D eigenvalue weighted by Crippen LogP contribution is -2.36. The van der Waals surface area contributed by atoms with Gasteiger partial charge >= 0.3 is 0 Å². The Labute approximate surface area is 170 Å². The number of hydrogen-bond donors (Lipinski definition) is 1. The van der Waals surface area contributed by atoms with Crippen molar-refractivity contribution in [3.05, 3.63) is 83.0 Å². The number of carbonyl (C=O) groups is 3. The maximum atomic E-state index is 13.0. The molecule has 0 aliphatic carbocycles. The molecule has 4 rings (SSSR count). The smallest absolute Gasteiger partial charge is 0.294 e. The number of nitrogens with zero attached hydrogens (tertiary/aromatic N) is 1. The molecule has 1 aliphatic heterocycles. The second-order valence-electron chi connectivity index (χ2n) is 6.39. The Morgan fingerprint density at radius 2 is 1.72 bits per heavy atom. The van der Waals surface area contributed by atoms with Crippen molar-refractivity contribution >= 4 is 51.4 Å². The fraction of sp³-hybridized carbons (Fsp3) is 0.0455. The molecular weight excluding hydrogens is 391 g/mol. The number of thioether (sulfide) groups is 1. The van der Waals surface area contributed by atoms with Crippen molar-refractivity contribution in [3.8, 4) is 0 Å². The average Bonchev–Trinajstić information content (AvgIpc) is 2.97. The van der Waals surface area contributed by atoms with Crippen LogP contribution in [0.2, 0.25) is 0 Å². The molecule has 0 spiro atoms. The number of imide groups is 1. The van der Waals surface area contributed by atoms with E-state index < -0.39 is 29.4 Å². The van der Waals surface area contributed by atoms with Gasteiger partial charge in [0.2, 0.25) is 5.91 Å². The summed E-state index contributed by atoms with van der Waals surface area (Å²) in [5.41, 5.74) is 1.21. The molecule has 29 heavy (non-hydrogen) atoms. The monoisotopic (exact) mass is 406 g/mol. The summed E-state index contributed by atoms with van der Waals surface area (Å²) in [5, 5.41) is 4.04. The molecule has 3 amide bonds. The molecule has 3 aromatic rings. The van der Waals surface area contributed by atoms with E-state index in [1.807, 2.05) is 42.5 Å². The molecular formula is C22H15FN2O3S. The van der Waals surface area contributed by atoms with Crippen molar-refractivity contribution in [1.82, 2.24) is 4.90 Å². The zero-order valence-electron chi connectivity index (χ0n) is 15.1. The first-order chi connectivity index (χ1) is 14.0. The van der Waals surface area contributed by atoms with Gasteiger partial charge in [-0.15, -0.1) is 0 Å². The number of amides is 3. The maximum absolute atomic E-state index is 13.0. The number of carbonyl (C=O) groups excluding carboxylic acids is 3. The highest BCUT2D eigenvalue weighted by molar-refractivity contribution is 8.18. The molecule has 1 saturated heterocycles. The topological polar surface area (TPSA) is 66.5 Å². The number of benzene rings is 3. The third kappa shape index (κ3) is 4.05. The first-order valence-corrected chi connectivity index (χ1v) is 9.61. The van der Waals surface area contributed by atoms with Gasteiger partial charge in [0.25, 0.3) is 11.1 Å². The van der Waals surface area contributed by atoms with E-state index in [9.17, 15) is 18.8 Å². The lowest BCUT2D eigenvalue weighted by Gasteiger charge is -2.12. The third-order valence-corrected chi connectivity index (χ3v) is 5.32. The van der Waals surface area contributed by atoms with Crippen molar-refractivity contribution in [2.75, 3.05) is 11.9 Å². The van der Waals surface area contributed by atoms with Gasteiger partial charge in [-0.3, -0.25) is 19.3 Å². The summed E-state index contributed by atoms with van der Waals surface area (Å²) in [6, 6.07) is 18.7. The minimum atomic E-state index is -0.537. The molecule has 0 aromatic heterocycles. The summed E-state index contributed by atoms with van der Waals surface area (Å²) < 4.78 is 13.0. The van der Waals surface area contributed by atoms with Crippen LogP contribution in [0.15, 0.2) is 71.6 Å². The van der Waals surface area contributed by atoms with E-state index in [1.165, 1.54) is 24.3 Å². The lowest BCUT2D eigenvalue weighted by molar-refractivity contribution is -0.127. The molecule has 0 bridgehead atoms. The van der Waals surface area contributed by atoms with E-state index in [4.69, 9.17) is 0 Å². The van der Waals surface area contributed by atoms with Gasteiger partial charge in [-0.2, -0.15) is 0 Å². The highest BCUT2D eigenvalue weighted by Gasteiger charge is 2.36. The summed E-state index contributed by atoms with van der Waals surface area (Å²) in [7, 11) is 0. The summed E-state index contributed by atoms with van der Waals surface area (Å²) in [6.07, 6.45) is 1.67. The second-order valence-corrected chi connectivity index (χ2v) is 7.38. The zero-order chi connectivity index (χ0) is 20.4. The predicted octanol–water partition coefficient (Wildman–Crippen LogP) is 4.65. The first-order valence-electron chi connectivity index (χ1n) is 8.80. The van der Waals surface area contributed by atoms with Crippen LogP contribution in [0.25, 0.3) is 16.8 Å². The number of halogens is 1. The van der Waals surface area contributed by atoms with E-state index in [0.717, 1.165) is 33.0 Å². The van der Waals surface area contributed by atoms with Crippen LogP contribution < -0.4 is 5.32 Å². The van der Waals surface area contributed by atoms with E-state index in [-0.39, 0.29) is 4.91 Å². The fourth-order valence-corrected chi connectivity index (χ4v) is 3.86. The Morgan fingerprint density at radius 3 is 2.52 bits per heavy atom. The molecule has 7 heteroatoms. The van der Waals surface area contributed by atoms with Crippen LogP contribution in [0, 0.1) is 5.82 Å². The standard InChI is InChI=1S/C22H15FN2O3S/c23-16-8-10-17(11-9-16)24-20(26)13-25-21(27)19(29-22(25)28)12-15-6-3-5-14-4-1-2-7-18(14)15/h1-12H,13H2,(H,24,26)/b19-12+. The molecule has 0 unspecified atom stereocenters. The molecule has 1 heterocycles. The molecule has 3 aromatic carbocycles. The van der Waals surface area contributed by atoms with E-state index in [2.05, 4.69) is 5.32 Å². The van der Waals surface area contributed by atoms with Crippen LogP contribution in [-0.2, 0) is 9.59 Å². The zero-order valence-corrected chi connectivity index (χ0v) is 15.9. The molecule has 144 valence electrons. The van der Waals surface area contributed by atoms with Gasteiger partial charge < -0.3 is 5.32 Å². The van der Waals surface area contributed by atoms with Crippen molar-refractivity contribution < 1.29 is 18.8 Å². The van der Waals surface area contributed by atoms with Gasteiger partial charge in [0.15, 0.2) is 0 Å². The van der Waals surface area contributed by atoms with E-state index >= 15 is 0 Å². The minimum Gasteiger partial charge on any atom is -0.325 e. The highest BCUT2D eigenvalue weighted by atomic mass is 32.2. The largest absolute Gasteiger partial charge is 0.325 e. The number of fused-ring (bicyclic) bond motifs is 1. The summed E-state index contributed by atoms with van der Waals surface area (Å²) in [5.74, 6) is -1.47. The van der Waals surface area contributed by atoms with Crippen molar-refractivity contribution in [1.29, 1.82) is 0 Å². The van der Waals surface area contributed by atoms with E-state index in [1.54, 1.807) is 6.08 Å². The Bertz CT molecular complexity index is 1150. The quantitative estimate of drug-likeness (QED) is 0.641. The Kier molecular flexibility index (Phi) is 5.14. The number of nitrogens with one attached hydrogen (secondary N) is 1. The molecule has 5 nitrogen and oxygen atoms in total. The minimum absolute atomic E-state index is 0.265. The van der Waals surface area contributed by atoms with Crippen LogP contribution in [0.1, 0.15) is 5.56 Å². The average molecular weight is 406 g/mol. The molecule has 0 saturated carbocycles. The highest BCUT2D eigenvalue weighted by Crippen LogP contribution is 2.33.